The number of hydrogen-bond donors (Lipinski definition) is 1. The Kier molecular flexibility index (Phi) is 5.69. The predicted molar refractivity (Wildman–Crippen MR) is 105 cm³/mol. The molecular formula is C20H20FN3O4S. The highest BCUT2D eigenvalue weighted by Gasteiger charge is 2.21. The molecule has 3 rings (SSSR count). The van der Waals surface area contributed by atoms with Crippen molar-refractivity contribution in [2.45, 2.75) is 31.8 Å². The van der Waals surface area contributed by atoms with E-state index in [2.05, 4.69) is 5.32 Å². The first-order chi connectivity index (χ1) is 13.7. The number of carbonyl (C=O) groups is 1. The monoisotopic (exact) mass is 417 g/mol. The number of rotatable bonds is 6. The molecule has 1 aromatic heterocycles. The van der Waals surface area contributed by atoms with E-state index in [0.29, 0.717) is 9.54 Å². The van der Waals surface area contributed by atoms with E-state index < -0.39 is 21.6 Å². The summed E-state index contributed by atoms with van der Waals surface area (Å²) >= 11 is 0. The van der Waals surface area contributed by atoms with Crippen LogP contribution in [-0.2, 0) is 27.9 Å². The van der Waals surface area contributed by atoms with Gasteiger partial charge in [0.2, 0.25) is 5.91 Å². The summed E-state index contributed by atoms with van der Waals surface area (Å²) in [7, 11) is -4.07. The summed E-state index contributed by atoms with van der Waals surface area (Å²) in [6.07, 6.45) is 2.37. The molecule has 1 heterocycles. The van der Waals surface area contributed by atoms with Crippen molar-refractivity contribution in [2.24, 2.45) is 0 Å². The summed E-state index contributed by atoms with van der Waals surface area (Å²) in [5.41, 5.74) is 1.59. The number of aromatic nitrogens is 2. The van der Waals surface area contributed by atoms with E-state index in [1.54, 1.807) is 13.0 Å². The Balaban J connectivity index is 1.74. The minimum Gasteiger partial charge on any atom is -0.350 e. The zero-order valence-corrected chi connectivity index (χ0v) is 16.7. The van der Waals surface area contributed by atoms with E-state index in [9.17, 15) is 22.4 Å². The molecule has 0 aliphatic heterocycles. The highest BCUT2D eigenvalue weighted by atomic mass is 32.2. The van der Waals surface area contributed by atoms with E-state index in [-0.39, 0.29) is 23.8 Å². The van der Waals surface area contributed by atoms with E-state index in [1.165, 1.54) is 42.6 Å². The molecule has 2 aromatic carbocycles. The minimum atomic E-state index is -4.07. The first-order valence-electron chi connectivity index (χ1n) is 8.80. The zero-order chi connectivity index (χ0) is 21.2. The van der Waals surface area contributed by atoms with Crippen LogP contribution in [0.25, 0.3) is 0 Å². The molecule has 3 aromatic rings. The van der Waals surface area contributed by atoms with E-state index in [4.69, 9.17) is 0 Å². The van der Waals surface area contributed by atoms with Gasteiger partial charge in [0, 0.05) is 18.9 Å². The molecule has 29 heavy (non-hydrogen) atoms. The number of aryl methyl sites for hydroxylation is 2. The molecule has 0 aliphatic rings. The summed E-state index contributed by atoms with van der Waals surface area (Å²) in [5.74, 6) is -0.851. The van der Waals surface area contributed by atoms with Crippen molar-refractivity contribution < 1.29 is 17.6 Å². The second-order valence-corrected chi connectivity index (χ2v) is 8.47. The van der Waals surface area contributed by atoms with Crippen LogP contribution >= 0.6 is 0 Å². The van der Waals surface area contributed by atoms with Crippen LogP contribution in [0.1, 0.15) is 16.7 Å². The van der Waals surface area contributed by atoms with Crippen LogP contribution in [0.4, 0.5) is 4.39 Å². The van der Waals surface area contributed by atoms with E-state index in [1.807, 2.05) is 6.92 Å². The van der Waals surface area contributed by atoms with Gasteiger partial charge in [-0.1, -0.05) is 18.2 Å². The van der Waals surface area contributed by atoms with Crippen molar-refractivity contribution in [2.75, 3.05) is 0 Å². The average Bonchev–Trinajstić information content (AvgIpc) is 3.04. The largest absolute Gasteiger partial charge is 0.350 e. The molecular weight excluding hydrogens is 397 g/mol. The number of benzene rings is 2. The molecule has 1 N–H and O–H groups in total. The predicted octanol–water partition coefficient (Wildman–Crippen LogP) is 1.96. The fourth-order valence-electron chi connectivity index (χ4n) is 2.70. The van der Waals surface area contributed by atoms with Crippen LogP contribution in [0, 0.1) is 19.7 Å². The Bertz CT molecular complexity index is 1210. The number of hydrogen-bond acceptors (Lipinski definition) is 4. The Labute approximate surface area is 167 Å². The average molecular weight is 417 g/mol. The molecule has 0 bridgehead atoms. The lowest BCUT2D eigenvalue weighted by molar-refractivity contribution is -0.121. The number of carbonyl (C=O) groups excluding carboxylic acids is 1. The minimum absolute atomic E-state index is 0.00112. The molecule has 0 radical (unpaired) electrons. The van der Waals surface area contributed by atoms with E-state index in [0.717, 1.165) is 21.9 Å². The Morgan fingerprint density at radius 1 is 1.03 bits per heavy atom. The van der Waals surface area contributed by atoms with Gasteiger partial charge in [-0.3, -0.25) is 9.36 Å². The molecule has 0 fully saturated rings. The lowest BCUT2D eigenvalue weighted by atomic mass is 10.1. The van der Waals surface area contributed by atoms with Gasteiger partial charge >= 0.3 is 5.69 Å². The summed E-state index contributed by atoms with van der Waals surface area (Å²) in [6, 6.07) is 10.3. The molecule has 1 amide bonds. The quantitative estimate of drug-likeness (QED) is 0.664. The first kappa shape index (κ1) is 20.5. The van der Waals surface area contributed by atoms with Crippen molar-refractivity contribution in [3.63, 3.8) is 0 Å². The SMILES string of the molecule is Cc1ccc(S(=O)(=O)n2ccn(CC(=O)NCc3ccc(F)cc3)c2=O)cc1C. The molecule has 0 aliphatic carbocycles. The van der Waals surface area contributed by atoms with Crippen LogP contribution in [0.15, 0.2) is 64.5 Å². The standard InChI is InChI=1S/C20H20FN3O4S/c1-14-3-8-18(11-15(14)2)29(27,28)24-10-9-23(20(24)26)13-19(25)22-12-16-4-6-17(21)7-5-16/h3-11H,12-13H2,1-2H3,(H,22,25). The number of imidazole rings is 1. The van der Waals surface area contributed by atoms with Crippen LogP contribution in [0.5, 0.6) is 0 Å². The van der Waals surface area contributed by atoms with Crippen LogP contribution < -0.4 is 11.0 Å². The third kappa shape index (κ3) is 4.45. The van der Waals surface area contributed by atoms with Gasteiger partial charge in [-0.25, -0.2) is 17.6 Å². The van der Waals surface area contributed by atoms with Gasteiger partial charge < -0.3 is 5.32 Å². The van der Waals surface area contributed by atoms with Gasteiger partial charge in [0.05, 0.1) is 4.90 Å². The summed E-state index contributed by atoms with van der Waals surface area (Å²) in [6.45, 7) is 3.47. The number of nitrogens with one attached hydrogen (secondary N) is 1. The Hall–Kier alpha value is -3.20. The molecule has 0 spiro atoms. The molecule has 0 atom stereocenters. The first-order valence-corrected chi connectivity index (χ1v) is 10.2. The van der Waals surface area contributed by atoms with Crippen molar-refractivity contribution in [3.05, 3.63) is 87.9 Å². The second kappa shape index (κ2) is 8.04. The number of halogens is 1. The van der Waals surface area contributed by atoms with Gasteiger partial charge in [0.15, 0.2) is 0 Å². The second-order valence-electron chi connectivity index (χ2n) is 6.66. The summed E-state index contributed by atoms with van der Waals surface area (Å²) in [5, 5.41) is 2.61. The molecule has 7 nitrogen and oxygen atoms in total. The molecule has 0 saturated heterocycles. The molecule has 152 valence electrons. The van der Waals surface area contributed by atoms with Gasteiger partial charge in [-0.2, -0.15) is 3.97 Å². The maximum Gasteiger partial charge on any atom is 0.342 e. The highest BCUT2D eigenvalue weighted by molar-refractivity contribution is 7.90. The third-order valence-corrected chi connectivity index (χ3v) is 6.21. The summed E-state index contributed by atoms with van der Waals surface area (Å²) in [4.78, 5) is 24.6. The number of nitrogens with zero attached hydrogens (tertiary/aromatic N) is 2. The maximum absolute atomic E-state index is 12.9. The topological polar surface area (TPSA) is 90.2 Å². The highest BCUT2D eigenvalue weighted by Crippen LogP contribution is 2.16. The van der Waals surface area contributed by atoms with Gasteiger partial charge in [0.1, 0.15) is 12.4 Å². The number of amides is 1. The van der Waals surface area contributed by atoms with Crippen LogP contribution in [-0.4, -0.2) is 22.9 Å². The van der Waals surface area contributed by atoms with Gasteiger partial charge in [-0.05, 0) is 54.8 Å². The normalized spacial score (nSPS) is 11.4. The van der Waals surface area contributed by atoms with Crippen molar-refractivity contribution in [3.8, 4) is 0 Å². The van der Waals surface area contributed by atoms with Crippen LogP contribution in [0.3, 0.4) is 0 Å². The van der Waals surface area contributed by atoms with Gasteiger partial charge in [0.25, 0.3) is 10.0 Å². The van der Waals surface area contributed by atoms with Crippen molar-refractivity contribution in [1.29, 1.82) is 0 Å². The van der Waals surface area contributed by atoms with Gasteiger partial charge in [-0.15, -0.1) is 0 Å². The summed E-state index contributed by atoms with van der Waals surface area (Å²) < 4.78 is 40.1. The Morgan fingerprint density at radius 2 is 1.72 bits per heavy atom. The third-order valence-electron chi connectivity index (χ3n) is 4.57. The lowest BCUT2D eigenvalue weighted by Crippen LogP contribution is -2.34. The van der Waals surface area contributed by atoms with Crippen LogP contribution in [0.2, 0.25) is 0 Å². The molecule has 0 unspecified atom stereocenters. The lowest BCUT2D eigenvalue weighted by Gasteiger charge is -2.08. The smallest absolute Gasteiger partial charge is 0.342 e. The van der Waals surface area contributed by atoms with E-state index >= 15 is 0 Å². The van der Waals surface area contributed by atoms with Crippen molar-refractivity contribution in [1.82, 2.24) is 13.9 Å². The maximum atomic E-state index is 12.9. The Morgan fingerprint density at radius 3 is 2.38 bits per heavy atom. The molecule has 9 heteroatoms. The fourth-order valence-corrected chi connectivity index (χ4v) is 4.02. The fraction of sp³-hybridized carbons (Fsp3) is 0.200. The zero-order valence-electron chi connectivity index (χ0n) is 15.9. The van der Waals surface area contributed by atoms with Crippen molar-refractivity contribution >= 4 is 15.9 Å². The molecule has 0 saturated carbocycles.